The van der Waals surface area contributed by atoms with Gasteiger partial charge in [-0.1, -0.05) is 44.9 Å². The highest BCUT2D eigenvalue weighted by Crippen LogP contribution is 2.50. The lowest BCUT2D eigenvalue weighted by Gasteiger charge is -2.42. The molecule has 4 aliphatic carbocycles. The van der Waals surface area contributed by atoms with Crippen molar-refractivity contribution in [1.82, 2.24) is 16.0 Å². The van der Waals surface area contributed by atoms with Gasteiger partial charge in [-0.3, -0.25) is 9.59 Å². The molecular weight excluding hydrogens is 478 g/mol. The number of piperidine rings is 1. The second kappa shape index (κ2) is 12.7. The van der Waals surface area contributed by atoms with E-state index in [1.165, 1.54) is 38.5 Å². The molecule has 4 N–H and O–H groups in total. The summed E-state index contributed by atoms with van der Waals surface area (Å²) in [6, 6.07) is -0.104. The van der Waals surface area contributed by atoms with Crippen LogP contribution < -0.4 is 16.0 Å². The van der Waals surface area contributed by atoms with Gasteiger partial charge in [0.1, 0.15) is 6.04 Å². The molecular formula is C31H51N3O4. The van der Waals surface area contributed by atoms with Gasteiger partial charge < -0.3 is 21.1 Å². The summed E-state index contributed by atoms with van der Waals surface area (Å²) in [5.74, 6) is 0.656. The Morgan fingerprint density at radius 1 is 0.816 bits per heavy atom. The fraction of sp³-hybridized carbons (Fsp3) is 0.903. The highest BCUT2D eigenvalue weighted by molar-refractivity contribution is 5.88. The van der Waals surface area contributed by atoms with Crippen LogP contribution in [0.4, 0.5) is 0 Å². The summed E-state index contributed by atoms with van der Waals surface area (Å²) in [6.07, 6.45) is 19.8. The topological polar surface area (TPSA) is 108 Å². The fourth-order valence-corrected chi connectivity index (χ4v) is 9.05. The number of carbonyl (C=O) groups is 3. The highest BCUT2D eigenvalue weighted by Gasteiger charge is 2.48. The van der Waals surface area contributed by atoms with E-state index in [-0.39, 0.29) is 35.1 Å². The number of carboxylic acids is 1. The highest BCUT2D eigenvalue weighted by atomic mass is 16.4. The first-order chi connectivity index (χ1) is 18.5. The van der Waals surface area contributed by atoms with Crippen molar-refractivity contribution in [2.75, 3.05) is 6.54 Å². The minimum atomic E-state index is -0.904. The average molecular weight is 530 g/mol. The van der Waals surface area contributed by atoms with E-state index in [0.29, 0.717) is 24.3 Å². The number of nitrogens with one attached hydrogen (secondary N) is 3. The monoisotopic (exact) mass is 529 g/mol. The predicted molar refractivity (Wildman–Crippen MR) is 147 cm³/mol. The van der Waals surface area contributed by atoms with E-state index in [4.69, 9.17) is 0 Å². The van der Waals surface area contributed by atoms with Gasteiger partial charge in [-0.15, -0.1) is 0 Å². The molecule has 38 heavy (non-hydrogen) atoms. The van der Waals surface area contributed by atoms with Crippen molar-refractivity contribution in [3.63, 3.8) is 0 Å². The average Bonchev–Trinajstić information content (AvgIpc) is 3.45. The molecule has 0 aromatic rings. The predicted octanol–water partition coefficient (Wildman–Crippen LogP) is 4.93. The Morgan fingerprint density at radius 2 is 1.50 bits per heavy atom. The molecule has 2 amide bonds. The maximum atomic E-state index is 13.6. The van der Waals surface area contributed by atoms with Crippen LogP contribution in [0.5, 0.6) is 0 Å². The second-order valence-electron chi connectivity index (χ2n) is 13.4. The lowest BCUT2D eigenvalue weighted by Crippen LogP contribution is -2.53. The van der Waals surface area contributed by atoms with Crippen LogP contribution in [0.15, 0.2) is 0 Å². The second-order valence-corrected chi connectivity index (χ2v) is 13.4. The van der Waals surface area contributed by atoms with Crippen molar-refractivity contribution < 1.29 is 19.5 Å². The summed E-state index contributed by atoms with van der Waals surface area (Å²) in [5, 5.41) is 20.1. The van der Waals surface area contributed by atoms with Crippen LogP contribution in [0, 0.1) is 29.1 Å². The maximum absolute atomic E-state index is 13.6. The smallest absolute Gasteiger partial charge is 0.326 e. The van der Waals surface area contributed by atoms with Crippen LogP contribution in [0.1, 0.15) is 122 Å². The molecule has 0 radical (unpaired) electrons. The van der Waals surface area contributed by atoms with Crippen molar-refractivity contribution >= 4 is 17.8 Å². The first-order valence-electron chi connectivity index (χ1n) is 16.0. The largest absolute Gasteiger partial charge is 0.480 e. The number of carboxylic acid groups (broad SMARTS) is 1. The fourth-order valence-electron chi connectivity index (χ4n) is 9.05. The summed E-state index contributed by atoms with van der Waals surface area (Å²) in [7, 11) is 0. The van der Waals surface area contributed by atoms with Crippen molar-refractivity contribution in [1.29, 1.82) is 0 Å². The number of rotatable bonds is 8. The molecule has 214 valence electrons. The van der Waals surface area contributed by atoms with Gasteiger partial charge in [-0.05, 0) is 101 Å². The minimum absolute atomic E-state index is 0.0123. The zero-order valence-corrected chi connectivity index (χ0v) is 23.4. The molecule has 0 aromatic carbocycles. The molecule has 4 unspecified atom stereocenters. The lowest BCUT2D eigenvalue weighted by molar-refractivity contribution is -0.146. The Labute approximate surface area is 229 Å². The van der Waals surface area contributed by atoms with Gasteiger partial charge in [0.2, 0.25) is 11.8 Å². The zero-order chi connectivity index (χ0) is 26.5. The molecule has 7 heteroatoms. The summed E-state index contributed by atoms with van der Waals surface area (Å²) in [6.45, 7) is 0.941. The molecule has 0 spiro atoms. The SMILES string of the molecule is O=C(O)C(CC1CCC(NC(=O)C2CCNC3CCCCC32)CC1)NC(=O)C1(C2CCCCC2)CCCC1. The minimum Gasteiger partial charge on any atom is -0.480 e. The Bertz CT molecular complexity index is 825. The van der Waals surface area contributed by atoms with Crippen molar-refractivity contribution in [3.8, 4) is 0 Å². The van der Waals surface area contributed by atoms with Gasteiger partial charge in [0.25, 0.3) is 0 Å². The molecule has 0 aromatic heterocycles. The lowest BCUT2D eigenvalue weighted by atomic mass is 9.67. The van der Waals surface area contributed by atoms with E-state index in [1.54, 1.807) is 0 Å². The van der Waals surface area contributed by atoms with Crippen molar-refractivity contribution in [2.45, 2.75) is 140 Å². The van der Waals surface area contributed by atoms with E-state index in [2.05, 4.69) is 16.0 Å². The molecule has 1 saturated heterocycles. The van der Waals surface area contributed by atoms with Crippen LogP contribution in [0.25, 0.3) is 0 Å². The molecule has 7 nitrogen and oxygen atoms in total. The summed E-state index contributed by atoms with van der Waals surface area (Å²) in [4.78, 5) is 39.1. The van der Waals surface area contributed by atoms with Gasteiger partial charge in [0.15, 0.2) is 0 Å². The molecule has 5 aliphatic rings. The van der Waals surface area contributed by atoms with Crippen LogP contribution in [-0.2, 0) is 14.4 Å². The third kappa shape index (κ3) is 6.23. The Morgan fingerprint density at radius 3 is 2.21 bits per heavy atom. The van der Waals surface area contributed by atoms with E-state index in [1.807, 2.05) is 0 Å². The first kappa shape index (κ1) is 27.9. The number of carbonyl (C=O) groups excluding carboxylic acids is 2. The molecule has 4 saturated carbocycles. The Balaban J connectivity index is 1.11. The number of aliphatic carboxylic acids is 1. The maximum Gasteiger partial charge on any atom is 0.326 e. The van der Waals surface area contributed by atoms with Gasteiger partial charge in [-0.2, -0.15) is 0 Å². The van der Waals surface area contributed by atoms with Crippen molar-refractivity contribution in [3.05, 3.63) is 0 Å². The Hall–Kier alpha value is -1.63. The van der Waals surface area contributed by atoms with Crippen LogP contribution in [-0.4, -0.2) is 47.6 Å². The molecule has 5 rings (SSSR count). The van der Waals surface area contributed by atoms with Gasteiger partial charge in [-0.25, -0.2) is 4.79 Å². The molecule has 4 atom stereocenters. The number of fused-ring (bicyclic) bond motifs is 1. The molecule has 1 heterocycles. The van der Waals surface area contributed by atoms with Crippen molar-refractivity contribution in [2.24, 2.45) is 29.1 Å². The van der Waals surface area contributed by atoms with Gasteiger partial charge >= 0.3 is 5.97 Å². The molecule has 5 fully saturated rings. The van der Waals surface area contributed by atoms with Crippen LogP contribution in [0.3, 0.4) is 0 Å². The number of hydrogen-bond acceptors (Lipinski definition) is 4. The summed E-state index contributed by atoms with van der Waals surface area (Å²) in [5.41, 5.74) is -0.345. The van der Waals surface area contributed by atoms with Crippen LogP contribution in [0.2, 0.25) is 0 Å². The van der Waals surface area contributed by atoms with E-state index >= 15 is 0 Å². The zero-order valence-electron chi connectivity index (χ0n) is 23.4. The van der Waals surface area contributed by atoms with Gasteiger partial charge in [0.05, 0.1) is 5.41 Å². The van der Waals surface area contributed by atoms with Crippen LogP contribution >= 0.6 is 0 Å². The standard InChI is InChI=1S/C31H51N3O4/c35-28(25-16-19-32-26-11-5-4-10-24(25)26)33-23-14-12-21(13-15-23)20-27(29(36)37)34-30(38)31(17-6-7-18-31)22-8-2-1-3-9-22/h21-27,32H,1-20H2,(H,33,35)(H,34,38)(H,36,37). The first-order valence-corrected chi connectivity index (χ1v) is 16.0. The number of amides is 2. The quantitative estimate of drug-likeness (QED) is 0.357. The Kier molecular flexibility index (Phi) is 9.33. The summed E-state index contributed by atoms with van der Waals surface area (Å²) >= 11 is 0. The molecule has 1 aliphatic heterocycles. The van der Waals surface area contributed by atoms with Gasteiger partial charge in [0, 0.05) is 18.0 Å². The van der Waals surface area contributed by atoms with E-state index < -0.39 is 12.0 Å². The third-order valence-corrected chi connectivity index (χ3v) is 11.2. The molecule has 0 bridgehead atoms. The normalized spacial score (nSPS) is 34.6. The third-order valence-electron chi connectivity index (χ3n) is 11.2. The van der Waals surface area contributed by atoms with E-state index in [0.717, 1.165) is 83.6 Å². The summed E-state index contributed by atoms with van der Waals surface area (Å²) < 4.78 is 0. The van der Waals surface area contributed by atoms with E-state index in [9.17, 15) is 19.5 Å². The number of hydrogen-bond donors (Lipinski definition) is 4.